The summed E-state index contributed by atoms with van der Waals surface area (Å²) < 4.78 is 12.6. The molecular formula is C8H16FNO. The molecule has 1 fully saturated rings. The molecule has 0 amide bonds. The summed E-state index contributed by atoms with van der Waals surface area (Å²) in [7, 11) is 0. The molecule has 1 N–H and O–H groups in total. The smallest absolute Gasteiger partial charge is 0.152 e. The van der Waals surface area contributed by atoms with Crippen LogP contribution < -0.4 is 5.32 Å². The first-order valence-corrected chi connectivity index (χ1v) is 4.02. The Labute approximate surface area is 67.6 Å². The van der Waals surface area contributed by atoms with Crippen LogP contribution in [0.3, 0.4) is 0 Å². The van der Waals surface area contributed by atoms with Crippen LogP contribution in [0.4, 0.5) is 4.39 Å². The van der Waals surface area contributed by atoms with Gasteiger partial charge in [-0.3, -0.25) is 4.79 Å². The summed E-state index contributed by atoms with van der Waals surface area (Å²) in [6.45, 7) is 4.02. The molecule has 2 nitrogen and oxygen atoms in total. The summed E-state index contributed by atoms with van der Waals surface area (Å²) in [5.41, 5.74) is 0. The fraction of sp³-hybridized carbons (Fsp3) is 0.875. The number of carbonyl (C=O) groups excluding carboxylic acids is 1. The molecule has 0 spiro atoms. The summed E-state index contributed by atoms with van der Waals surface area (Å²) in [4.78, 5) is 11.3. The Kier molecular flexibility index (Phi) is 2.60. The highest BCUT2D eigenvalue weighted by atomic mass is 19.1. The van der Waals surface area contributed by atoms with Gasteiger partial charge in [0.25, 0.3) is 0 Å². The second-order valence-corrected chi connectivity index (χ2v) is 3.35. The lowest BCUT2D eigenvalue weighted by molar-refractivity contribution is -0.123. The lowest BCUT2D eigenvalue weighted by atomic mass is 10.0. The number of nitrogens with one attached hydrogen (secondary N) is 1. The summed E-state index contributed by atoms with van der Waals surface area (Å²) >= 11 is 0. The Morgan fingerprint density at radius 3 is 2.73 bits per heavy atom. The average molecular weight is 161 g/mol. The van der Waals surface area contributed by atoms with Gasteiger partial charge in [0.1, 0.15) is 6.17 Å². The lowest BCUT2D eigenvalue weighted by Crippen LogP contribution is -2.33. The topological polar surface area (TPSA) is 29.1 Å². The van der Waals surface area contributed by atoms with Crippen LogP contribution in [0, 0.1) is 5.92 Å². The molecule has 3 heteroatoms. The third kappa shape index (κ3) is 1.99. The van der Waals surface area contributed by atoms with E-state index in [2.05, 4.69) is 5.32 Å². The number of rotatable bonds is 2. The first-order valence-electron chi connectivity index (χ1n) is 4.02. The van der Waals surface area contributed by atoms with Crippen LogP contribution >= 0.6 is 0 Å². The molecule has 66 valence electrons. The summed E-state index contributed by atoms with van der Waals surface area (Å²) in [5.74, 6) is 0.142. The van der Waals surface area contributed by atoms with Crippen LogP contribution in [0.25, 0.3) is 0 Å². The molecule has 0 saturated carbocycles. The fourth-order valence-corrected chi connectivity index (χ4v) is 1.31. The first kappa shape index (κ1) is 8.65. The Bertz CT molecular complexity index is 163. The molecule has 0 aliphatic carbocycles. The maximum absolute atomic E-state index is 12.6. The average Bonchev–Trinajstić information content (AvgIpc) is 2.34. The van der Waals surface area contributed by atoms with E-state index in [1.165, 1.54) is 0 Å². The molecule has 0 aromatic rings. The van der Waals surface area contributed by atoms with Crippen LogP contribution in [0.5, 0.6) is 0 Å². The Morgan fingerprint density at radius 1 is 1.73 bits per heavy atom. The monoisotopic (exact) mass is 161 g/mol. The Balaban J connectivity index is 0.00000121. The highest BCUT2D eigenvalue weighted by Crippen LogP contribution is 2.13. The van der Waals surface area contributed by atoms with Gasteiger partial charge in [0, 0.05) is 20.3 Å². The first-order chi connectivity index (χ1) is 5.11. The molecule has 2 atom stereocenters. The zero-order valence-corrected chi connectivity index (χ0v) is 6.93. The van der Waals surface area contributed by atoms with Crippen molar-refractivity contribution in [2.24, 2.45) is 5.92 Å². The number of Topliss-reactive ketones (excluding diaryl/α,β-unsaturated/α-hetero) is 1. The van der Waals surface area contributed by atoms with Crippen molar-refractivity contribution >= 4 is 5.78 Å². The van der Waals surface area contributed by atoms with Gasteiger partial charge in [0.2, 0.25) is 0 Å². The predicted octanol–water partition coefficient (Wildman–Crippen LogP) is 1.16. The van der Waals surface area contributed by atoms with E-state index in [0.29, 0.717) is 13.0 Å². The molecule has 0 radical (unpaired) electrons. The van der Waals surface area contributed by atoms with Crippen LogP contribution in [0.2, 0.25) is 0 Å². The molecule has 0 unspecified atom stereocenters. The SMILES string of the molecule is CC(C)C(=O)[C@@H]1C[C@@H](F)CN1.[HH]. The van der Waals surface area contributed by atoms with Crippen LogP contribution in [-0.2, 0) is 4.79 Å². The summed E-state index contributed by atoms with van der Waals surface area (Å²) in [5, 5.41) is 2.86. The molecule has 0 aromatic heterocycles. The van der Waals surface area contributed by atoms with E-state index in [9.17, 15) is 9.18 Å². The van der Waals surface area contributed by atoms with Gasteiger partial charge in [-0.1, -0.05) is 13.8 Å². The number of hydrogen-bond donors (Lipinski definition) is 1. The zero-order chi connectivity index (χ0) is 8.43. The maximum Gasteiger partial charge on any atom is 0.152 e. The van der Waals surface area contributed by atoms with Crippen LogP contribution in [-0.4, -0.2) is 24.5 Å². The molecule has 1 rings (SSSR count). The van der Waals surface area contributed by atoms with Crippen LogP contribution in [0.1, 0.15) is 21.7 Å². The second-order valence-electron chi connectivity index (χ2n) is 3.35. The van der Waals surface area contributed by atoms with E-state index >= 15 is 0 Å². The molecular weight excluding hydrogens is 145 g/mol. The van der Waals surface area contributed by atoms with Crippen molar-refractivity contribution in [1.29, 1.82) is 0 Å². The predicted molar refractivity (Wildman–Crippen MR) is 43.3 cm³/mol. The number of carbonyl (C=O) groups is 1. The minimum atomic E-state index is -0.831. The molecule has 1 saturated heterocycles. The summed E-state index contributed by atoms with van der Waals surface area (Å²) in [6.07, 6.45) is -0.473. The largest absolute Gasteiger partial charge is 0.304 e. The Hall–Kier alpha value is -0.440. The van der Waals surface area contributed by atoms with E-state index in [0.717, 1.165) is 0 Å². The van der Waals surface area contributed by atoms with E-state index in [4.69, 9.17) is 0 Å². The number of hydrogen-bond acceptors (Lipinski definition) is 2. The fourth-order valence-electron chi connectivity index (χ4n) is 1.31. The van der Waals surface area contributed by atoms with Crippen molar-refractivity contribution in [3.05, 3.63) is 0 Å². The molecule has 1 aliphatic heterocycles. The van der Waals surface area contributed by atoms with Gasteiger partial charge in [0.05, 0.1) is 6.04 Å². The second kappa shape index (κ2) is 3.30. The van der Waals surface area contributed by atoms with Gasteiger partial charge < -0.3 is 5.32 Å². The number of ketones is 1. The molecule has 1 aliphatic rings. The highest BCUT2D eigenvalue weighted by molar-refractivity contribution is 5.86. The van der Waals surface area contributed by atoms with Crippen LogP contribution in [0.15, 0.2) is 0 Å². The third-order valence-electron chi connectivity index (χ3n) is 1.99. The van der Waals surface area contributed by atoms with Crippen molar-refractivity contribution < 1.29 is 10.6 Å². The van der Waals surface area contributed by atoms with Crippen molar-refractivity contribution in [2.75, 3.05) is 6.54 Å². The van der Waals surface area contributed by atoms with E-state index in [1.54, 1.807) is 0 Å². The van der Waals surface area contributed by atoms with E-state index < -0.39 is 6.17 Å². The third-order valence-corrected chi connectivity index (χ3v) is 1.99. The number of halogens is 1. The molecule has 0 aromatic carbocycles. The van der Waals surface area contributed by atoms with Gasteiger partial charge in [-0.2, -0.15) is 0 Å². The normalized spacial score (nSPS) is 31.3. The van der Waals surface area contributed by atoms with Crippen molar-refractivity contribution in [3.63, 3.8) is 0 Å². The van der Waals surface area contributed by atoms with Crippen molar-refractivity contribution in [3.8, 4) is 0 Å². The number of alkyl halides is 1. The summed E-state index contributed by atoms with van der Waals surface area (Å²) in [6, 6.07) is -0.231. The van der Waals surface area contributed by atoms with Gasteiger partial charge in [-0.25, -0.2) is 4.39 Å². The minimum Gasteiger partial charge on any atom is -0.304 e. The van der Waals surface area contributed by atoms with E-state index in [1.807, 2.05) is 13.8 Å². The Morgan fingerprint density at radius 2 is 2.36 bits per heavy atom. The quantitative estimate of drug-likeness (QED) is 0.658. The van der Waals surface area contributed by atoms with Gasteiger partial charge in [-0.15, -0.1) is 0 Å². The maximum atomic E-state index is 12.6. The van der Waals surface area contributed by atoms with Gasteiger partial charge in [0.15, 0.2) is 5.78 Å². The molecule has 0 bridgehead atoms. The van der Waals surface area contributed by atoms with Crippen molar-refractivity contribution in [1.82, 2.24) is 5.32 Å². The van der Waals surface area contributed by atoms with Gasteiger partial charge in [-0.05, 0) is 0 Å². The van der Waals surface area contributed by atoms with Gasteiger partial charge >= 0.3 is 0 Å². The molecule has 1 heterocycles. The van der Waals surface area contributed by atoms with Crippen molar-refractivity contribution in [2.45, 2.75) is 32.5 Å². The molecule has 11 heavy (non-hydrogen) atoms. The zero-order valence-electron chi connectivity index (χ0n) is 6.93. The van der Waals surface area contributed by atoms with E-state index in [-0.39, 0.29) is 19.2 Å². The minimum absolute atomic E-state index is 0. The highest BCUT2D eigenvalue weighted by Gasteiger charge is 2.29. The lowest BCUT2D eigenvalue weighted by Gasteiger charge is -2.10. The standard InChI is InChI=1S/C8H14FNO.H2/c1-5(2)8(11)7-3-6(9)4-10-7;/h5-7,10H,3-4H2,1-2H3;1H/t6-,7+;/m1./s1.